The molecule has 2 heterocycles. The predicted molar refractivity (Wildman–Crippen MR) is 150 cm³/mol. The van der Waals surface area contributed by atoms with E-state index >= 15 is 0 Å². The van der Waals surface area contributed by atoms with Crippen molar-refractivity contribution in [2.75, 3.05) is 40.1 Å². The van der Waals surface area contributed by atoms with Crippen molar-refractivity contribution in [3.8, 4) is 0 Å². The summed E-state index contributed by atoms with van der Waals surface area (Å²) < 4.78 is 73.1. The summed E-state index contributed by atoms with van der Waals surface area (Å²) in [6.07, 6.45) is -3.63. The fraction of sp³-hybridized carbons (Fsp3) is 0.720. The van der Waals surface area contributed by atoms with Crippen LogP contribution >= 0.6 is 7.82 Å². The maximum atomic E-state index is 14.6. The maximum Gasteiger partial charge on any atom is 0.510 e. The van der Waals surface area contributed by atoms with Crippen LogP contribution in [0.4, 0.5) is 14.0 Å². The lowest BCUT2D eigenvalue weighted by molar-refractivity contribution is -0.151. The number of rotatable bonds is 17. The summed E-state index contributed by atoms with van der Waals surface area (Å²) in [5.41, 5.74) is -0.333. The molecular weight excluding hydrogens is 648 g/mol. The molecule has 4 unspecified atom stereocenters. The van der Waals surface area contributed by atoms with Gasteiger partial charge in [0.25, 0.3) is 5.56 Å². The predicted octanol–water partition coefficient (Wildman–Crippen LogP) is 1.29. The van der Waals surface area contributed by atoms with Crippen molar-refractivity contribution in [3.05, 3.63) is 33.1 Å². The third-order valence-corrected chi connectivity index (χ3v) is 7.57. The number of phosphoric acid groups is 1. The highest BCUT2D eigenvalue weighted by molar-refractivity contribution is 7.48. The van der Waals surface area contributed by atoms with Crippen LogP contribution in [0.2, 0.25) is 0 Å². The molecule has 4 atom stereocenters. The topological polar surface area (TPSA) is 242 Å². The van der Waals surface area contributed by atoms with E-state index < -0.39 is 101 Å². The Morgan fingerprint density at radius 3 is 2.13 bits per heavy atom. The van der Waals surface area contributed by atoms with E-state index in [4.69, 9.17) is 28.8 Å². The molecule has 0 aromatic carbocycles. The Morgan fingerprint density at radius 2 is 1.63 bits per heavy atom. The number of hydrogen-bond donors (Lipinski definition) is 2. The second-order valence-electron chi connectivity index (χ2n) is 10.3. The lowest BCUT2D eigenvalue weighted by Crippen LogP contribution is -2.46. The van der Waals surface area contributed by atoms with Gasteiger partial charge in [-0.1, -0.05) is 13.8 Å². The molecule has 0 spiro atoms. The zero-order valence-electron chi connectivity index (χ0n) is 25.9. The highest BCUT2D eigenvalue weighted by atomic mass is 31.2. The summed E-state index contributed by atoms with van der Waals surface area (Å²) in [5.74, 6) is -1.17. The average molecular weight is 688 g/mol. The van der Waals surface area contributed by atoms with Gasteiger partial charge in [0.15, 0.2) is 13.0 Å². The van der Waals surface area contributed by atoms with E-state index in [2.05, 4.69) is 18.9 Å². The first-order valence-corrected chi connectivity index (χ1v) is 15.3. The number of halogens is 1. The summed E-state index contributed by atoms with van der Waals surface area (Å²) in [5, 5.41) is 11.2. The first kappa shape index (κ1) is 38.8. The lowest BCUT2D eigenvalue weighted by Gasteiger charge is -2.28. The van der Waals surface area contributed by atoms with Gasteiger partial charge >= 0.3 is 31.8 Å². The first-order valence-electron chi connectivity index (χ1n) is 13.9. The quantitative estimate of drug-likeness (QED) is 0.101. The number of ether oxygens (including phenoxy) is 6. The molecule has 21 heteroatoms. The largest absolute Gasteiger partial charge is 0.510 e. The van der Waals surface area contributed by atoms with Gasteiger partial charge in [-0.15, -0.1) is 0 Å². The summed E-state index contributed by atoms with van der Waals surface area (Å²) in [6, 6.07) is -0.102. The summed E-state index contributed by atoms with van der Waals surface area (Å²) in [7, 11) is -4.84. The molecule has 0 bridgehead atoms. The molecule has 2 rings (SSSR count). The average Bonchev–Trinajstić information content (AvgIpc) is 3.26. The van der Waals surface area contributed by atoms with Gasteiger partial charge in [0.2, 0.25) is 13.6 Å². The second kappa shape index (κ2) is 17.0. The number of esters is 1. The van der Waals surface area contributed by atoms with E-state index in [0.29, 0.717) is 4.57 Å². The molecule has 1 fully saturated rings. The first-order chi connectivity index (χ1) is 21.5. The molecule has 0 radical (unpaired) electrons. The van der Waals surface area contributed by atoms with Crippen molar-refractivity contribution in [2.45, 2.75) is 71.2 Å². The van der Waals surface area contributed by atoms with Crippen molar-refractivity contribution < 1.29 is 70.4 Å². The normalized spacial score (nSPS) is 21.9. The van der Waals surface area contributed by atoms with E-state index in [1.807, 2.05) is 0 Å². The molecular formula is C25H39FN3O16P. The second-order valence-corrected chi connectivity index (χ2v) is 12.0. The van der Waals surface area contributed by atoms with Crippen LogP contribution in [0.25, 0.3) is 0 Å². The number of aromatic nitrogens is 2. The Labute approximate surface area is 262 Å². The molecule has 1 aliphatic rings. The minimum absolute atomic E-state index is 0.0492. The maximum absolute atomic E-state index is 14.6. The Hall–Kier alpha value is -3.39. The standard InChI is InChI=1S/C25H39FN3O16P/c1-6-37-22(33)40-14-43-46(36,44-15-41-23(34)38-7-2)42-12-25(11-26)10-24(5,35)20(45-25)28-9-8-17(30)29(21(28)32)13-39-19(31)18(27)16(3)4/h8-9,16,18,20,35H,6-7,10-15,27H2,1-5H3. The minimum Gasteiger partial charge on any atom is -0.442 e. The Bertz CT molecular complexity index is 1340. The fourth-order valence-corrected chi connectivity index (χ4v) is 4.92. The summed E-state index contributed by atoms with van der Waals surface area (Å²) in [6.45, 7) is 2.20. The van der Waals surface area contributed by atoms with E-state index in [9.17, 15) is 38.0 Å². The lowest BCUT2D eigenvalue weighted by atomic mass is 9.92. The summed E-state index contributed by atoms with van der Waals surface area (Å²) in [4.78, 5) is 60.7. The summed E-state index contributed by atoms with van der Waals surface area (Å²) >= 11 is 0. The SMILES string of the molecule is CCOC(=O)OCOP(=O)(OCOC(=O)OCC)OCC1(CF)CC(C)(O)C(n2ccc(=O)n(COC(=O)C(N)C(C)C)c2=O)O1. The smallest absolute Gasteiger partial charge is 0.442 e. The van der Waals surface area contributed by atoms with Crippen LogP contribution in [0, 0.1) is 5.92 Å². The van der Waals surface area contributed by atoms with Gasteiger partial charge in [0.1, 0.15) is 23.9 Å². The van der Waals surface area contributed by atoms with Crippen molar-refractivity contribution in [3.63, 3.8) is 0 Å². The van der Waals surface area contributed by atoms with Crippen molar-refractivity contribution in [1.29, 1.82) is 0 Å². The van der Waals surface area contributed by atoms with Crippen LogP contribution in [0.5, 0.6) is 0 Å². The molecule has 262 valence electrons. The van der Waals surface area contributed by atoms with Crippen LogP contribution < -0.4 is 17.0 Å². The van der Waals surface area contributed by atoms with Gasteiger partial charge in [-0.3, -0.25) is 18.7 Å². The monoisotopic (exact) mass is 687 g/mol. The molecule has 0 amide bonds. The van der Waals surface area contributed by atoms with Crippen molar-refractivity contribution >= 4 is 26.1 Å². The third kappa shape index (κ3) is 10.6. The zero-order chi connectivity index (χ0) is 34.7. The molecule has 19 nitrogen and oxygen atoms in total. The number of phosphoric ester groups is 1. The van der Waals surface area contributed by atoms with E-state index in [-0.39, 0.29) is 19.1 Å². The molecule has 3 N–H and O–H groups in total. The van der Waals surface area contributed by atoms with E-state index in [0.717, 1.165) is 16.8 Å². The van der Waals surface area contributed by atoms with Gasteiger partial charge in [-0.2, -0.15) is 0 Å². The van der Waals surface area contributed by atoms with Crippen molar-refractivity contribution in [2.24, 2.45) is 11.7 Å². The molecule has 0 saturated carbocycles. The van der Waals surface area contributed by atoms with Gasteiger partial charge in [-0.25, -0.2) is 37.0 Å². The number of hydrogen-bond acceptors (Lipinski definition) is 17. The van der Waals surface area contributed by atoms with Crippen molar-refractivity contribution in [1.82, 2.24) is 9.13 Å². The molecule has 1 saturated heterocycles. The van der Waals surface area contributed by atoms with Gasteiger partial charge in [-0.05, 0) is 26.7 Å². The van der Waals surface area contributed by atoms with Crippen LogP contribution in [-0.2, 0) is 58.1 Å². The molecule has 1 aliphatic heterocycles. The fourth-order valence-electron chi connectivity index (χ4n) is 3.93. The molecule has 1 aromatic rings. The van der Waals surface area contributed by atoms with E-state index in [1.165, 1.54) is 20.8 Å². The van der Waals surface area contributed by atoms with E-state index in [1.54, 1.807) is 13.8 Å². The van der Waals surface area contributed by atoms with Crippen LogP contribution in [0.3, 0.4) is 0 Å². The number of carbonyl (C=O) groups excluding carboxylic acids is 3. The number of aliphatic hydroxyl groups is 1. The Kier molecular flexibility index (Phi) is 14.3. The highest BCUT2D eigenvalue weighted by Crippen LogP contribution is 2.52. The Morgan fingerprint density at radius 1 is 1.07 bits per heavy atom. The molecule has 46 heavy (non-hydrogen) atoms. The van der Waals surface area contributed by atoms with Crippen LogP contribution in [-0.4, -0.2) is 89.8 Å². The number of carbonyl (C=O) groups is 3. The number of nitrogens with zero attached hydrogens (tertiary/aromatic N) is 2. The Balaban J connectivity index is 2.27. The van der Waals surface area contributed by atoms with Gasteiger partial charge in [0, 0.05) is 18.7 Å². The van der Waals surface area contributed by atoms with Gasteiger partial charge in [0.05, 0.1) is 19.8 Å². The molecule has 0 aliphatic carbocycles. The third-order valence-electron chi connectivity index (χ3n) is 6.28. The molecule has 1 aromatic heterocycles. The zero-order valence-corrected chi connectivity index (χ0v) is 26.8. The minimum atomic E-state index is -4.84. The van der Waals surface area contributed by atoms with Crippen LogP contribution in [0.15, 0.2) is 21.9 Å². The number of alkyl halides is 1. The highest BCUT2D eigenvalue weighted by Gasteiger charge is 2.55. The van der Waals surface area contributed by atoms with Crippen LogP contribution in [0.1, 0.15) is 47.3 Å². The number of nitrogens with two attached hydrogens (primary N) is 1. The van der Waals surface area contributed by atoms with Gasteiger partial charge < -0.3 is 39.3 Å².